The third-order valence-corrected chi connectivity index (χ3v) is 4.74. The summed E-state index contributed by atoms with van der Waals surface area (Å²) in [6.45, 7) is 0.752. The number of thiophene rings is 1. The smallest absolute Gasteiger partial charge is 0.251 e. The molecule has 0 radical (unpaired) electrons. The van der Waals surface area contributed by atoms with Crippen LogP contribution in [-0.4, -0.2) is 12.5 Å². The van der Waals surface area contributed by atoms with E-state index in [-0.39, 0.29) is 17.8 Å². The van der Waals surface area contributed by atoms with Crippen molar-refractivity contribution in [1.29, 1.82) is 0 Å². The van der Waals surface area contributed by atoms with Gasteiger partial charge in [-0.05, 0) is 41.6 Å². The lowest BCUT2D eigenvalue weighted by Crippen LogP contribution is -2.45. The van der Waals surface area contributed by atoms with Crippen LogP contribution in [-0.2, 0) is 11.2 Å². The number of nitrogens with zero attached hydrogens (tertiary/aromatic N) is 1. The number of nitrogens with one attached hydrogen (secondary N) is 1. The average molecular weight is 274 g/mol. The molecule has 0 bridgehead atoms. The second-order valence-corrected chi connectivity index (χ2v) is 5.80. The van der Waals surface area contributed by atoms with Gasteiger partial charge in [0.2, 0.25) is 0 Å². The standard InChI is InChI=1S/C14H11FN2OS/c15-8-1-2-10-11(7-8)17-5-3-12-9(4-6-19-12)13(17)14(18)16-10/h1-2,4,6-7,13H,3,5H2,(H,16,18). The van der Waals surface area contributed by atoms with Gasteiger partial charge >= 0.3 is 0 Å². The molecule has 96 valence electrons. The van der Waals surface area contributed by atoms with Crippen LogP contribution in [0.1, 0.15) is 16.5 Å². The van der Waals surface area contributed by atoms with Crippen molar-refractivity contribution >= 4 is 28.6 Å². The van der Waals surface area contributed by atoms with Crippen LogP contribution < -0.4 is 10.2 Å². The molecule has 4 rings (SSSR count). The van der Waals surface area contributed by atoms with Gasteiger partial charge in [-0.15, -0.1) is 11.3 Å². The van der Waals surface area contributed by atoms with Crippen molar-refractivity contribution in [2.75, 3.05) is 16.8 Å². The minimum atomic E-state index is -0.315. The summed E-state index contributed by atoms with van der Waals surface area (Å²) in [6, 6.07) is 6.19. The molecule has 3 nitrogen and oxygen atoms in total. The van der Waals surface area contributed by atoms with Crippen molar-refractivity contribution < 1.29 is 9.18 Å². The van der Waals surface area contributed by atoms with E-state index < -0.39 is 0 Å². The van der Waals surface area contributed by atoms with Crippen LogP contribution in [0.15, 0.2) is 29.6 Å². The van der Waals surface area contributed by atoms with E-state index in [1.807, 2.05) is 16.3 Å². The second kappa shape index (κ2) is 3.81. The first-order chi connectivity index (χ1) is 9.24. The summed E-state index contributed by atoms with van der Waals surface area (Å²) in [5.41, 5.74) is 2.53. The molecule has 1 aromatic heterocycles. The highest BCUT2D eigenvalue weighted by atomic mass is 32.1. The highest BCUT2D eigenvalue weighted by Gasteiger charge is 2.38. The molecular formula is C14H11FN2OS. The average Bonchev–Trinajstić information content (AvgIpc) is 2.87. The van der Waals surface area contributed by atoms with Crippen LogP contribution >= 0.6 is 11.3 Å². The fourth-order valence-electron chi connectivity index (χ4n) is 2.91. The number of anilines is 2. The first-order valence-corrected chi connectivity index (χ1v) is 7.05. The molecule has 0 spiro atoms. The van der Waals surface area contributed by atoms with Crippen molar-refractivity contribution in [3.05, 3.63) is 45.9 Å². The summed E-state index contributed by atoms with van der Waals surface area (Å²) < 4.78 is 13.4. The zero-order valence-corrected chi connectivity index (χ0v) is 10.8. The van der Waals surface area contributed by atoms with Crippen molar-refractivity contribution in [2.45, 2.75) is 12.5 Å². The van der Waals surface area contributed by atoms with Crippen molar-refractivity contribution in [3.63, 3.8) is 0 Å². The Balaban J connectivity index is 1.89. The molecule has 1 atom stereocenters. The van der Waals surface area contributed by atoms with Crippen LogP contribution in [0, 0.1) is 5.82 Å². The van der Waals surface area contributed by atoms with E-state index in [1.165, 1.54) is 17.0 Å². The number of carbonyl (C=O) groups is 1. The monoisotopic (exact) mass is 274 g/mol. The quantitative estimate of drug-likeness (QED) is 0.801. The molecule has 1 aromatic carbocycles. The van der Waals surface area contributed by atoms with Crippen LogP contribution in [0.5, 0.6) is 0 Å². The molecule has 1 N–H and O–H groups in total. The van der Waals surface area contributed by atoms with Crippen molar-refractivity contribution in [1.82, 2.24) is 0 Å². The Hall–Kier alpha value is -1.88. The summed E-state index contributed by atoms with van der Waals surface area (Å²) in [6.07, 6.45) is 0.909. The maximum Gasteiger partial charge on any atom is 0.251 e. The Morgan fingerprint density at radius 1 is 1.37 bits per heavy atom. The maximum absolute atomic E-state index is 13.4. The van der Waals surface area contributed by atoms with Crippen LogP contribution in [0.3, 0.4) is 0 Å². The Kier molecular flexibility index (Phi) is 2.20. The van der Waals surface area contributed by atoms with Gasteiger partial charge in [-0.2, -0.15) is 0 Å². The number of carbonyl (C=O) groups excluding carboxylic acids is 1. The predicted octanol–water partition coefficient (Wildman–Crippen LogP) is 2.94. The van der Waals surface area contributed by atoms with Gasteiger partial charge in [0.15, 0.2) is 0 Å². The Morgan fingerprint density at radius 3 is 3.16 bits per heavy atom. The van der Waals surface area contributed by atoms with E-state index in [2.05, 4.69) is 5.32 Å². The van der Waals surface area contributed by atoms with Crippen molar-refractivity contribution in [3.8, 4) is 0 Å². The zero-order valence-electron chi connectivity index (χ0n) is 10.0. The number of hydrogen-bond donors (Lipinski definition) is 1. The number of amides is 1. The molecule has 3 heterocycles. The zero-order chi connectivity index (χ0) is 13.0. The summed E-state index contributed by atoms with van der Waals surface area (Å²) >= 11 is 1.69. The van der Waals surface area contributed by atoms with E-state index in [0.29, 0.717) is 5.69 Å². The molecule has 2 aliphatic rings. The second-order valence-electron chi connectivity index (χ2n) is 4.80. The summed E-state index contributed by atoms with van der Waals surface area (Å²) in [5, 5.41) is 4.89. The number of hydrogen-bond acceptors (Lipinski definition) is 3. The largest absolute Gasteiger partial charge is 0.354 e. The number of halogens is 1. The molecular weight excluding hydrogens is 263 g/mol. The van der Waals surface area contributed by atoms with Gasteiger partial charge in [-0.1, -0.05) is 0 Å². The van der Waals surface area contributed by atoms with E-state index in [0.717, 1.165) is 24.2 Å². The lowest BCUT2D eigenvalue weighted by molar-refractivity contribution is -0.117. The topological polar surface area (TPSA) is 32.3 Å². The normalized spacial score (nSPS) is 20.4. The third-order valence-electron chi connectivity index (χ3n) is 3.74. The minimum Gasteiger partial charge on any atom is -0.354 e. The van der Waals surface area contributed by atoms with Crippen molar-refractivity contribution in [2.24, 2.45) is 0 Å². The SMILES string of the molecule is O=C1Nc2ccc(F)cc2N2CCc3sccc3C12. The molecule has 19 heavy (non-hydrogen) atoms. The van der Waals surface area contributed by atoms with Crippen LogP contribution in [0.2, 0.25) is 0 Å². The number of rotatable bonds is 0. The van der Waals surface area contributed by atoms with E-state index in [9.17, 15) is 9.18 Å². The fourth-order valence-corrected chi connectivity index (χ4v) is 3.81. The minimum absolute atomic E-state index is 0.0292. The van der Waals surface area contributed by atoms with Gasteiger partial charge in [0.1, 0.15) is 11.9 Å². The highest BCUT2D eigenvalue weighted by Crippen LogP contribution is 2.43. The number of fused-ring (bicyclic) bond motifs is 5. The Bertz CT molecular complexity index is 682. The van der Waals surface area contributed by atoms with Gasteiger partial charge in [-0.25, -0.2) is 4.39 Å². The van der Waals surface area contributed by atoms with E-state index in [4.69, 9.17) is 0 Å². The van der Waals surface area contributed by atoms with Gasteiger partial charge in [0.25, 0.3) is 5.91 Å². The van der Waals surface area contributed by atoms with Crippen LogP contribution in [0.25, 0.3) is 0 Å². The van der Waals surface area contributed by atoms with Gasteiger partial charge in [-0.3, -0.25) is 4.79 Å². The maximum atomic E-state index is 13.4. The molecule has 2 aromatic rings. The molecule has 0 aliphatic carbocycles. The molecule has 0 saturated heterocycles. The summed E-state index contributed by atoms with van der Waals surface area (Å²) in [4.78, 5) is 15.6. The molecule has 5 heteroatoms. The Labute approximate surface area is 113 Å². The molecule has 1 unspecified atom stereocenters. The van der Waals surface area contributed by atoms with E-state index in [1.54, 1.807) is 17.4 Å². The molecule has 1 amide bonds. The van der Waals surface area contributed by atoms with Gasteiger partial charge < -0.3 is 10.2 Å². The number of benzene rings is 1. The first kappa shape index (κ1) is 11.0. The summed E-state index contributed by atoms with van der Waals surface area (Å²) in [7, 11) is 0. The predicted molar refractivity (Wildman–Crippen MR) is 73.1 cm³/mol. The highest BCUT2D eigenvalue weighted by molar-refractivity contribution is 7.10. The lowest BCUT2D eigenvalue weighted by atomic mass is 9.95. The van der Waals surface area contributed by atoms with E-state index >= 15 is 0 Å². The molecule has 0 saturated carbocycles. The molecule has 2 aliphatic heterocycles. The van der Waals surface area contributed by atoms with Gasteiger partial charge in [0.05, 0.1) is 11.4 Å². The third kappa shape index (κ3) is 1.51. The van der Waals surface area contributed by atoms with Gasteiger partial charge in [0, 0.05) is 11.4 Å². The first-order valence-electron chi connectivity index (χ1n) is 6.17. The molecule has 0 fully saturated rings. The Morgan fingerprint density at radius 2 is 2.26 bits per heavy atom. The lowest BCUT2D eigenvalue weighted by Gasteiger charge is -2.41. The van der Waals surface area contributed by atoms with Crippen LogP contribution in [0.4, 0.5) is 15.8 Å². The fraction of sp³-hybridized carbons (Fsp3) is 0.214. The summed E-state index contributed by atoms with van der Waals surface area (Å²) in [5.74, 6) is -0.303.